The van der Waals surface area contributed by atoms with Gasteiger partial charge in [0.1, 0.15) is 5.75 Å². The Bertz CT molecular complexity index is 455. The molecule has 0 bridgehead atoms. The molecule has 1 saturated carbocycles. The molecule has 1 atom stereocenters. The zero-order chi connectivity index (χ0) is 13.8. The molecule has 1 aromatic carbocycles. The summed E-state index contributed by atoms with van der Waals surface area (Å²) in [5, 5.41) is 2.90. The molecule has 3 N–H and O–H groups in total. The standard InChI is InChI=1S/C15H22N2O2/c1-10-3-6-14(19-2)12(7-10)8-15(18)17-9-13(16)11-4-5-11/h3,6-7,11,13H,4-5,8-9,16H2,1-2H3,(H,17,18). The van der Waals surface area contributed by atoms with Gasteiger partial charge in [-0.05, 0) is 31.7 Å². The Labute approximate surface area is 114 Å². The Morgan fingerprint density at radius 1 is 1.53 bits per heavy atom. The number of ether oxygens (including phenoxy) is 1. The largest absolute Gasteiger partial charge is 0.496 e. The van der Waals surface area contributed by atoms with Crippen molar-refractivity contribution in [3.05, 3.63) is 29.3 Å². The van der Waals surface area contributed by atoms with E-state index in [2.05, 4.69) is 5.32 Å². The Balaban J connectivity index is 1.88. The zero-order valence-electron chi connectivity index (χ0n) is 11.6. The van der Waals surface area contributed by atoms with Crippen molar-refractivity contribution in [1.29, 1.82) is 0 Å². The van der Waals surface area contributed by atoms with Crippen LogP contribution >= 0.6 is 0 Å². The highest BCUT2D eigenvalue weighted by molar-refractivity contribution is 5.79. The van der Waals surface area contributed by atoms with Crippen LogP contribution in [0.2, 0.25) is 0 Å². The van der Waals surface area contributed by atoms with Crippen LogP contribution in [0.4, 0.5) is 0 Å². The topological polar surface area (TPSA) is 64.3 Å². The molecule has 1 aromatic rings. The fourth-order valence-corrected chi connectivity index (χ4v) is 2.20. The molecule has 0 aromatic heterocycles. The van der Waals surface area contributed by atoms with Gasteiger partial charge in [-0.2, -0.15) is 0 Å². The number of amides is 1. The Morgan fingerprint density at radius 2 is 2.26 bits per heavy atom. The van der Waals surface area contributed by atoms with E-state index in [9.17, 15) is 4.79 Å². The number of carbonyl (C=O) groups excluding carboxylic acids is 1. The quantitative estimate of drug-likeness (QED) is 0.814. The first-order chi connectivity index (χ1) is 9.10. The zero-order valence-corrected chi connectivity index (χ0v) is 11.6. The number of hydrogen-bond acceptors (Lipinski definition) is 3. The molecule has 19 heavy (non-hydrogen) atoms. The van der Waals surface area contributed by atoms with Crippen LogP contribution in [0.15, 0.2) is 18.2 Å². The lowest BCUT2D eigenvalue weighted by Gasteiger charge is -2.13. The molecule has 1 amide bonds. The summed E-state index contributed by atoms with van der Waals surface area (Å²) in [5.74, 6) is 1.36. The minimum absolute atomic E-state index is 0.000000000000000222. The summed E-state index contributed by atoms with van der Waals surface area (Å²) in [6, 6.07) is 5.96. The molecule has 0 aliphatic heterocycles. The first-order valence-electron chi connectivity index (χ1n) is 6.76. The van der Waals surface area contributed by atoms with E-state index in [1.165, 1.54) is 12.8 Å². The molecule has 0 heterocycles. The summed E-state index contributed by atoms with van der Waals surface area (Å²) in [7, 11) is 1.62. The second-order valence-electron chi connectivity index (χ2n) is 5.30. The van der Waals surface area contributed by atoms with Crippen LogP contribution in [0.25, 0.3) is 0 Å². The van der Waals surface area contributed by atoms with E-state index in [1.54, 1.807) is 7.11 Å². The molecule has 4 nitrogen and oxygen atoms in total. The van der Waals surface area contributed by atoms with Crippen molar-refractivity contribution in [2.45, 2.75) is 32.2 Å². The van der Waals surface area contributed by atoms with Crippen LogP contribution in [0.1, 0.15) is 24.0 Å². The average molecular weight is 262 g/mol. The number of nitrogens with two attached hydrogens (primary N) is 1. The minimum atomic E-state index is 0.000000000000000222. The van der Waals surface area contributed by atoms with Crippen LogP contribution in [0, 0.1) is 12.8 Å². The Morgan fingerprint density at radius 3 is 2.89 bits per heavy atom. The van der Waals surface area contributed by atoms with E-state index < -0.39 is 0 Å². The monoisotopic (exact) mass is 262 g/mol. The maximum absolute atomic E-state index is 11.9. The second kappa shape index (κ2) is 6.06. The molecular weight excluding hydrogens is 240 g/mol. The van der Waals surface area contributed by atoms with Crippen molar-refractivity contribution in [3.63, 3.8) is 0 Å². The molecule has 2 rings (SSSR count). The van der Waals surface area contributed by atoms with Crippen LogP contribution < -0.4 is 15.8 Å². The van der Waals surface area contributed by atoms with Gasteiger partial charge >= 0.3 is 0 Å². The Kier molecular flexibility index (Phi) is 4.43. The van der Waals surface area contributed by atoms with E-state index in [1.807, 2.05) is 25.1 Å². The van der Waals surface area contributed by atoms with Crippen molar-refractivity contribution >= 4 is 5.91 Å². The summed E-state index contributed by atoms with van der Waals surface area (Å²) in [4.78, 5) is 11.9. The lowest BCUT2D eigenvalue weighted by atomic mass is 10.1. The van der Waals surface area contributed by atoms with E-state index in [4.69, 9.17) is 10.5 Å². The molecule has 1 aliphatic rings. The van der Waals surface area contributed by atoms with Gasteiger partial charge in [0.25, 0.3) is 0 Å². The van der Waals surface area contributed by atoms with Gasteiger partial charge in [-0.3, -0.25) is 4.79 Å². The van der Waals surface area contributed by atoms with Crippen LogP contribution in [0.5, 0.6) is 5.75 Å². The highest BCUT2D eigenvalue weighted by Crippen LogP contribution is 2.31. The van der Waals surface area contributed by atoms with Crippen LogP contribution in [-0.2, 0) is 11.2 Å². The number of benzene rings is 1. The number of rotatable bonds is 6. The predicted molar refractivity (Wildman–Crippen MR) is 75.1 cm³/mol. The summed E-state index contributed by atoms with van der Waals surface area (Å²) in [6.07, 6.45) is 2.73. The second-order valence-corrected chi connectivity index (χ2v) is 5.30. The van der Waals surface area contributed by atoms with Gasteiger partial charge in [0.05, 0.1) is 13.5 Å². The number of nitrogens with one attached hydrogen (secondary N) is 1. The SMILES string of the molecule is COc1ccc(C)cc1CC(=O)NCC(N)C1CC1. The molecule has 0 saturated heterocycles. The summed E-state index contributed by atoms with van der Waals surface area (Å²) in [6.45, 7) is 2.57. The third-order valence-electron chi connectivity index (χ3n) is 3.55. The van der Waals surface area contributed by atoms with Crippen molar-refractivity contribution in [3.8, 4) is 5.75 Å². The van der Waals surface area contributed by atoms with Gasteiger partial charge in [-0.15, -0.1) is 0 Å². The fourth-order valence-electron chi connectivity index (χ4n) is 2.20. The van der Waals surface area contributed by atoms with Crippen molar-refractivity contribution in [1.82, 2.24) is 5.32 Å². The first kappa shape index (κ1) is 13.9. The normalized spacial score (nSPS) is 15.9. The average Bonchev–Trinajstić information content (AvgIpc) is 3.20. The van der Waals surface area contributed by atoms with Gasteiger partial charge in [0, 0.05) is 18.2 Å². The summed E-state index contributed by atoms with van der Waals surface area (Å²) in [5.41, 5.74) is 8.00. The van der Waals surface area contributed by atoms with Gasteiger partial charge in [-0.25, -0.2) is 0 Å². The van der Waals surface area contributed by atoms with Gasteiger partial charge in [0.15, 0.2) is 0 Å². The lowest BCUT2D eigenvalue weighted by Crippen LogP contribution is -2.39. The molecule has 104 valence electrons. The molecule has 1 fully saturated rings. The first-order valence-corrected chi connectivity index (χ1v) is 6.76. The van der Waals surface area contributed by atoms with Gasteiger partial charge < -0.3 is 15.8 Å². The van der Waals surface area contributed by atoms with E-state index in [-0.39, 0.29) is 11.9 Å². The molecule has 0 spiro atoms. The lowest BCUT2D eigenvalue weighted by molar-refractivity contribution is -0.120. The summed E-state index contributed by atoms with van der Waals surface area (Å²) >= 11 is 0. The van der Waals surface area contributed by atoms with Crippen molar-refractivity contribution < 1.29 is 9.53 Å². The van der Waals surface area contributed by atoms with Gasteiger partial charge in [-0.1, -0.05) is 17.7 Å². The Hall–Kier alpha value is -1.55. The van der Waals surface area contributed by atoms with Crippen molar-refractivity contribution in [2.75, 3.05) is 13.7 Å². The maximum atomic E-state index is 11.9. The molecule has 1 unspecified atom stereocenters. The van der Waals surface area contributed by atoms with Gasteiger partial charge in [0.2, 0.25) is 5.91 Å². The highest BCUT2D eigenvalue weighted by Gasteiger charge is 2.28. The van der Waals surface area contributed by atoms with E-state index in [0.29, 0.717) is 18.9 Å². The summed E-state index contributed by atoms with van der Waals surface area (Å²) < 4.78 is 5.27. The number of methoxy groups -OCH3 is 1. The molecule has 1 aliphatic carbocycles. The smallest absolute Gasteiger partial charge is 0.224 e. The highest BCUT2D eigenvalue weighted by atomic mass is 16.5. The van der Waals surface area contributed by atoms with Crippen LogP contribution in [0.3, 0.4) is 0 Å². The molecule has 0 radical (unpaired) electrons. The number of hydrogen-bond donors (Lipinski definition) is 2. The fraction of sp³-hybridized carbons (Fsp3) is 0.533. The molecular formula is C15H22N2O2. The third-order valence-corrected chi connectivity index (χ3v) is 3.55. The van der Waals surface area contributed by atoms with Crippen LogP contribution in [-0.4, -0.2) is 25.6 Å². The maximum Gasteiger partial charge on any atom is 0.224 e. The predicted octanol–water partition coefficient (Wildman–Crippen LogP) is 1.40. The van der Waals surface area contributed by atoms with E-state index in [0.717, 1.165) is 16.9 Å². The third kappa shape index (κ3) is 3.96. The van der Waals surface area contributed by atoms with E-state index >= 15 is 0 Å². The molecule has 4 heteroatoms. The number of carbonyl (C=O) groups is 1. The number of aryl methyl sites for hydroxylation is 1. The van der Waals surface area contributed by atoms with Crippen molar-refractivity contribution in [2.24, 2.45) is 11.7 Å². The minimum Gasteiger partial charge on any atom is -0.496 e.